The molecule has 96 valence electrons. The third-order valence-corrected chi connectivity index (χ3v) is 4.10. The first-order valence-electron chi connectivity index (χ1n) is 4.86. The predicted molar refractivity (Wildman–Crippen MR) is 60.0 cm³/mol. The van der Waals surface area contributed by atoms with Gasteiger partial charge in [-0.3, -0.25) is 0 Å². The van der Waals surface area contributed by atoms with E-state index in [0.717, 1.165) is 16.4 Å². The fraction of sp³-hybridized carbons (Fsp3) is 0.400. The quantitative estimate of drug-likeness (QED) is 0.880. The molecule has 0 spiro atoms. The Morgan fingerprint density at radius 3 is 2.35 bits per heavy atom. The number of rotatable bonds is 4. The van der Waals surface area contributed by atoms with E-state index in [1.807, 2.05) is 0 Å². The van der Waals surface area contributed by atoms with Crippen LogP contribution in [-0.2, 0) is 16.6 Å². The first kappa shape index (κ1) is 14.0. The second-order valence-corrected chi connectivity index (χ2v) is 5.78. The second-order valence-electron chi connectivity index (χ2n) is 3.66. The van der Waals surface area contributed by atoms with Gasteiger partial charge in [0.05, 0.1) is 0 Å². The van der Waals surface area contributed by atoms with Gasteiger partial charge in [-0.1, -0.05) is 0 Å². The molecule has 1 N–H and O–H groups in total. The predicted octanol–water partition coefficient (Wildman–Crippen LogP) is 0.935. The summed E-state index contributed by atoms with van der Waals surface area (Å²) in [5, 5.41) is 2.59. The van der Waals surface area contributed by atoms with Crippen molar-refractivity contribution in [2.24, 2.45) is 0 Å². The third kappa shape index (κ3) is 2.62. The highest BCUT2D eigenvalue weighted by atomic mass is 32.2. The van der Waals surface area contributed by atoms with Crippen LogP contribution in [0.4, 0.5) is 8.78 Å². The van der Waals surface area contributed by atoms with Crippen LogP contribution >= 0.6 is 0 Å². The maximum Gasteiger partial charge on any atom is 0.245 e. The van der Waals surface area contributed by atoms with Gasteiger partial charge in [0.2, 0.25) is 10.0 Å². The largest absolute Gasteiger partial charge is 0.315 e. The molecule has 0 atom stereocenters. The molecule has 0 radical (unpaired) electrons. The zero-order chi connectivity index (χ0) is 13.2. The summed E-state index contributed by atoms with van der Waals surface area (Å²) in [4.78, 5) is -0.519. The Morgan fingerprint density at radius 2 is 1.88 bits per heavy atom. The molecule has 0 amide bonds. The molecule has 7 heteroatoms. The van der Waals surface area contributed by atoms with Crippen LogP contribution in [0.1, 0.15) is 5.56 Å². The number of nitrogens with zero attached hydrogens (tertiary/aromatic N) is 1. The van der Waals surface area contributed by atoms with Gasteiger partial charge in [0, 0.05) is 26.2 Å². The summed E-state index contributed by atoms with van der Waals surface area (Å²) in [5.74, 6) is -1.82. The summed E-state index contributed by atoms with van der Waals surface area (Å²) in [6.45, 7) is -0.0749. The van der Waals surface area contributed by atoms with Crippen LogP contribution in [0.3, 0.4) is 0 Å². The number of nitrogens with one attached hydrogen (secondary N) is 1. The van der Waals surface area contributed by atoms with Crippen LogP contribution in [0.25, 0.3) is 0 Å². The van der Waals surface area contributed by atoms with Gasteiger partial charge in [-0.2, -0.15) is 0 Å². The first-order chi connectivity index (χ1) is 7.82. The summed E-state index contributed by atoms with van der Waals surface area (Å²) >= 11 is 0. The lowest BCUT2D eigenvalue weighted by molar-refractivity contribution is 0.494. The van der Waals surface area contributed by atoms with Crippen molar-refractivity contribution < 1.29 is 17.2 Å². The van der Waals surface area contributed by atoms with Crippen molar-refractivity contribution in [2.45, 2.75) is 11.4 Å². The van der Waals surface area contributed by atoms with Crippen molar-refractivity contribution in [3.63, 3.8) is 0 Å². The molecule has 0 heterocycles. The Bertz CT molecular complexity index is 515. The van der Waals surface area contributed by atoms with E-state index in [1.54, 1.807) is 0 Å². The number of sulfonamides is 1. The van der Waals surface area contributed by atoms with Crippen LogP contribution in [0.5, 0.6) is 0 Å². The van der Waals surface area contributed by atoms with Gasteiger partial charge in [-0.15, -0.1) is 0 Å². The molecule has 4 nitrogen and oxygen atoms in total. The van der Waals surface area contributed by atoms with E-state index in [-0.39, 0.29) is 12.1 Å². The van der Waals surface area contributed by atoms with Gasteiger partial charge < -0.3 is 5.32 Å². The second kappa shape index (κ2) is 5.07. The first-order valence-corrected chi connectivity index (χ1v) is 6.30. The molecule has 0 aromatic heterocycles. The molecule has 0 saturated carbocycles. The van der Waals surface area contributed by atoms with Gasteiger partial charge in [0.15, 0.2) is 5.82 Å². The standard InChI is InChI=1S/C10H14F2N2O2S/c1-13-6-7-8(11)4-5-9(10(7)12)17(15,16)14(2)3/h4-5,13H,6H2,1-3H3. The Labute approximate surface area is 99.3 Å². The summed E-state index contributed by atoms with van der Waals surface area (Å²) in [7, 11) is 0.194. The molecule has 0 bridgehead atoms. The molecular weight excluding hydrogens is 250 g/mol. The maximum absolute atomic E-state index is 13.9. The lowest BCUT2D eigenvalue weighted by atomic mass is 10.2. The number of hydrogen-bond acceptors (Lipinski definition) is 3. The van der Waals surface area contributed by atoms with E-state index in [2.05, 4.69) is 5.32 Å². The van der Waals surface area contributed by atoms with Crippen molar-refractivity contribution in [1.29, 1.82) is 0 Å². The lowest BCUT2D eigenvalue weighted by Gasteiger charge is -2.14. The average Bonchev–Trinajstić information content (AvgIpc) is 2.23. The van der Waals surface area contributed by atoms with Crippen LogP contribution in [0.2, 0.25) is 0 Å². The molecule has 0 unspecified atom stereocenters. The number of halogens is 2. The van der Waals surface area contributed by atoms with Gasteiger partial charge in [-0.05, 0) is 19.2 Å². The smallest absolute Gasteiger partial charge is 0.245 e. The molecule has 1 aromatic rings. The Kier molecular flexibility index (Phi) is 4.18. The highest BCUT2D eigenvalue weighted by molar-refractivity contribution is 7.89. The van der Waals surface area contributed by atoms with E-state index in [9.17, 15) is 17.2 Å². The van der Waals surface area contributed by atoms with E-state index in [4.69, 9.17) is 0 Å². The minimum atomic E-state index is -3.90. The van der Waals surface area contributed by atoms with Crippen molar-refractivity contribution >= 4 is 10.0 Å². The third-order valence-electron chi connectivity index (χ3n) is 2.26. The molecular formula is C10H14F2N2O2S. The zero-order valence-corrected chi connectivity index (χ0v) is 10.6. The molecule has 1 aromatic carbocycles. The van der Waals surface area contributed by atoms with Crippen LogP contribution in [0, 0.1) is 11.6 Å². The van der Waals surface area contributed by atoms with E-state index in [1.165, 1.54) is 21.1 Å². The molecule has 17 heavy (non-hydrogen) atoms. The van der Waals surface area contributed by atoms with E-state index in [0.29, 0.717) is 0 Å². The molecule has 0 aliphatic heterocycles. The Balaban J connectivity index is 3.44. The van der Waals surface area contributed by atoms with Crippen LogP contribution in [-0.4, -0.2) is 33.9 Å². The topological polar surface area (TPSA) is 49.4 Å². The van der Waals surface area contributed by atoms with Crippen LogP contribution < -0.4 is 5.32 Å². The van der Waals surface area contributed by atoms with Gasteiger partial charge in [0.25, 0.3) is 0 Å². The van der Waals surface area contributed by atoms with Crippen LogP contribution in [0.15, 0.2) is 17.0 Å². The monoisotopic (exact) mass is 264 g/mol. The van der Waals surface area contributed by atoms with E-state index < -0.39 is 26.6 Å². The fourth-order valence-electron chi connectivity index (χ4n) is 1.31. The van der Waals surface area contributed by atoms with Crippen molar-refractivity contribution in [3.8, 4) is 0 Å². The van der Waals surface area contributed by atoms with Gasteiger partial charge in [-0.25, -0.2) is 21.5 Å². The Morgan fingerprint density at radius 1 is 1.29 bits per heavy atom. The lowest BCUT2D eigenvalue weighted by Crippen LogP contribution is -2.24. The minimum Gasteiger partial charge on any atom is -0.315 e. The highest BCUT2D eigenvalue weighted by Crippen LogP contribution is 2.22. The van der Waals surface area contributed by atoms with Gasteiger partial charge >= 0.3 is 0 Å². The molecule has 0 fully saturated rings. The molecule has 0 aliphatic carbocycles. The van der Waals surface area contributed by atoms with Gasteiger partial charge in [0.1, 0.15) is 10.7 Å². The summed E-state index contributed by atoms with van der Waals surface area (Å²) in [6, 6.07) is 1.88. The molecule has 0 aliphatic rings. The highest BCUT2D eigenvalue weighted by Gasteiger charge is 2.25. The SMILES string of the molecule is CNCc1c(F)ccc(S(=O)(=O)N(C)C)c1F. The fourth-order valence-corrected chi connectivity index (χ4v) is 2.29. The molecule has 0 saturated heterocycles. The normalized spacial score (nSPS) is 12.1. The summed E-state index contributed by atoms with van der Waals surface area (Å²) in [5.41, 5.74) is -0.282. The zero-order valence-electron chi connectivity index (χ0n) is 9.79. The number of benzene rings is 1. The summed E-state index contributed by atoms with van der Waals surface area (Å²) < 4.78 is 51.6. The average molecular weight is 264 g/mol. The van der Waals surface area contributed by atoms with Crippen molar-refractivity contribution in [2.75, 3.05) is 21.1 Å². The maximum atomic E-state index is 13.9. The van der Waals surface area contributed by atoms with Crippen molar-refractivity contribution in [3.05, 3.63) is 29.3 Å². The van der Waals surface area contributed by atoms with Crippen molar-refractivity contribution in [1.82, 2.24) is 9.62 Å². The number of hydrogen-bond donors (Lipinski definition) is 1. The van der Waals surface area contributed by atoms with E-state index >= 15 is 0 Å². The minimum absolute atomic E-state index is 0.0749. The molecule has 1 rings (SSSR count). The summed E-state index contributed by atoms with van der Waals surface area (Å²) in [6.07, 6.45) is 0. The Hall–Kier alpha value is -1.05.